The van der Waals surface area contributed by atoms with Gasteiger partial charge in [-0.3, -0.25) is 4.79 Å². The van der Waals surface area contributed by atoms with Crippen molar-refractivity contribution in [2.45, 2.75) is 24.9 Å². The lowest BCUT2D eigenvalue weighted by Gasteiger charge is -2.10. The number of nitrogens with one attached hydrogen (secondary N) is 1. The molecule has 0 fully saturated rings. The summed E-state index contributed by atoms with van der Waals surface area (Å²) in [7, 11) is 3.49. The number of aryl methyl sites for hydroxylation is 1. The number of hydrogen-bond acceptors (Lipinski definition) is 6. The number of nitrogens with zero attached hydrogens (tertiary/aromatic N) is 3. The lowest BCUT2D eigenvalue weighted by molar-refractivity contribution is -0.115. The molecule has 0 aliphatic rings. The Labute approximate surface area is 180 Å². The summed E-state index contributed by atoms with van der Waals surface area (Å²) >= 11 is 1.53. The van der Waals surface area contributed by atoms with Crippen LogP contribution in [0.3, 0.4) is 0 Å². The molecule has 1 N–H and O–H groups in total. The summed E-state index contributed by atoms with van der Waals surface area (Å²) in [6.45, 7) is 2.57. The average molecular weight is 427 g/mol. The van der Waals surface area contributed by atoms with Crippen molar-refractivity contribution in [2.24, 2.45) is 7.05 Å². The molecule has 0 atom stereocenters. The maximum absolute atomic E-state index is 12.5. The molecule has 8 heteroatoms. The highest BCUT2D eigenvalue weighted by Gasteiger charge is 2.14. The molecule has 0 saturated heterocycles. The molecule has 0 unspecified atom stereocenters. The van der Waals surface area contributed by atoms with Crippen LogP contribution in [0.5, 0.6) is 11.5 Å². The van der Waals surface area contributed by atoms with E-state index in [1.165, 1.54) is 11.8 Å². The fraction of sp³-hybridized carbons (Fsp3) is 0.318. The summed E-state index contributed by atoms with van der Waals surface area (Å²) in [4.78, 5) is 12.5. The van der Waals surface area contributed by atoms with E-state index in [1.807, 2.05) is 60.1 Å². The lowest BCUT2D eigenvalue weighted by atomic mass is 10.1. The number of para-hydroxylation sites is 3. The van der Waals surface area contributed by atoms with Gasteiger partial charge in [0.05, 0.1) is 20.1 Å². The molecular weight excluding hydrogens is 400 g/mol. The predicted molar refractivity (Wildman–Crippen MR) is 118 cm³/mol. The number of hydrogen-bond donors (Lipinski definition) is 1. The molecule has 0 aliphatic heterocycles. The summed E-state index contributed by atoms with van der Waals surface area (Å²) < 4.78 is 12.9. The molecule has 0 radical (unpaired) electrons. The first-order valence-corrected chi connectivity index (χ1v) is 10.8. The van der Waals surface area contributed by atoms with Crippen LogP contribution in [-0.2, 0) is 24.7 Å². The minimum absolute atomic E-state index is 0.109. The van der Waals surface area contributed by atoms with Gasteiger partial charge in [-0.1, -0.05) is 49.0 Å². The zero-order valence-corrected chi connectivity index (χ0v) is 18.2. The van der Waals surface area contributed by atoms with Crippen LogP contribution in [0.4, 0.5) is 5.69 Å². The Hall–Kier alpha value is -3.00. The average Bonchev–Trinajstić information content (AvgIpc) is 3.11. The topological polar surface area (TPSA) is 78.3 Å². The molecule has 30 heavy (non-hydrogen) atoms. The summed E-state index contributed by atoms with van der Waals surface area (Å²) in [5.74, 6) is 2.62. The van der Waals surface area contributed by atoms with Crippen molar-refractivity contribution >= 4 is 23.4 Å². The zero-order chi connectivity index (χ0) is 21.3. The predicted octanol–water partition coefficient (Wildman–Crippen LogP) is 3.74. The quantitative estimate of drug-likeness (QED) is 0.393. The molecule has 7 nitrogen and oxygen atoms in total. The van der Waals surface area contributed by atoms with Crippen molar-refractivity contribution < 1.29 is 14.3 Å². The summed E-state index contributed by atoms with van der Waals surface area (Å²) in [5.41, 5.74) is 1.95. The second-order valence-corrected chi connectivity index (χ2v) is 7.60. The fourth-order valence-corrected chi connectivity index (χ4v) is 3.68. The third-order valence-electron chi connectivity index (χ3n) is 4.56. The molecule has 3 rings (SSSR count). The van der Waals surface area contributed by atoms with Crippen LogP contribution in [0.1, 0.15) is 18.3 Å². The number of carbonyl (C=O) groups excluding carboxylic acids is 1. The number of anilines is 1. The Morgan fingerprint density at radius 3 is 2.60 bits per heavy atom. The van der Waals surface area contributed by atoms with Gasteiger partial charge in [-0.15, -0.1) is 10.2 Å². The van der Waals surface area contributed by atoms with Gasteiger partial charge in [0.1, 0.15) is 5.82 Å². The molecule has 1 amide bonds. The van der Waals surface area contributed by atoms with Crippen LogP contribution in [-0.4, -0.2) is 40.1 Å². The number of aromatic nitrogens is 3. The van der Waals surface area contributed by atoms with E-state index in [4.69, 9.17) is 9.47 Å². The van der Waals surface area contributed by atoms with Gasteiger partial charge in [0.2, 0.25) is 5.91 Å². The standard InChI is InChI=1S/C22H26N4O3S/c1-4-16-9-5-6-10-17(16)23-21(27)15-20-24-25-22(26(20)2)30-14-13-29-19-12-8-7-11-18(19)28-3/h5-12H,4,13-15H2,1-3H3,(H,23,27). The Morgan fingerprint density at radius 2 is 1.83 bits per heavy atom. The van der Waals surface area contributed by atoms with Gasteiger partial charge < -0.3 is 19.4 Å². The van der Waals surface area contributed by atoms with Crippen LogP contribution in [0.2, 0.25) is 0 Å². The summed E-state index contributed by atoms with van der Waals surface area (Å²) in [6.07, 6.45) is 1.03. The Kier molecular flexibility index (Phi) is 7.73. The molecule has 1 aromatic heterocycles. The molecule has 2 aromatic carbocycles. The maximum atomic E-state index is 12.5. The van der Waals surface area contributed by atoms with E-state index >= 15 is 0 Å². The minimum Gasteiger partial charge on any atom is -0.493 e. The minimum atomic E-state index is -0.109. The highest BCUT2D eigenvalue weighted by atomic mass is 32.2. The monoisotopic (exact) mass is 426 g/mol. The lowest BCUT2D eigenvalue weighted by Crippen LogP contribution is -2.18. The van der Waals surface area contributed by atoms with Gasteiger partial charge >= 0.3 is 0 Å². The van der Waals surface area contributed by atoms with E-state index in [1.54, 1.807) is 7.11 Å². The van der Waals surface area contributed by atoms with Crippen LogP contribution in [0.15, 0.2) is 53.7 Å². The Bertz CT molecular complexity index is 990. The number of amides is 1. The van der Waals surface area contributed by atoms with Crippen LogP contribution in [0.25, 0.3) is 0 Å². The zero-order valence-electron chi connectivity index (χ0n) is 17.4. The first kappa shape index (κ1) is 21.7. The summed E-state index contributed by atoms with van der Waals surface area (Å²) in [5, 5.41) is 12.1. The van der Waals surface area contributed by atoms with E-state index in [2.05, 4.69) is 22.4 Å². The van der Waals surface area contributed by atoms with Gasteiger partial charge in [0.25, 0.3) is 0 Å². The van der Waals surface area contributed by atoms with Gasteiger partial charge in [-0.2, -0.15) is 0 Å². The van der Waals surface area contributed by atoms with Crippen molar-refractivity contribution in [1.29, 1.82) is 0 Å². The molecule has 3 aromatic rings. The molecule has 0 saturated carbocycles. The number of methoxy groups -OCH3 is 1. The number of benzene rings is 2. The fourth-order valence-electron chi connectivity index (χ4n) is 2.94. The van der Waals surface area contributed by atoms with Crippen LogP contribution in [0, 0.1) is 0 Å². The second kappa shape index (κ2) is 10.7. The van der Waals surface area contributed by atoms with Crippen molar-refractivity contribution in [3.8, 4) is 11.5 Å². The van der Waals surface area contributed by atoms with Gasteiger partial charge in [0, 0.05) is 18.5 Å². The third-order valence-corrected chi connectivity index (χ3v) is 5.54. The van der Waals surface area contributed by atoms with Crippen LogP contribution >= 0.6 is 11.8 Å². The Balaban J connectivity index is 1.51. The number of ether oxygens (including phenoxy) is 2. The highest BCUT2D eigenvalue weighted by molar-refractivity contribution is 7.99. The molecule has 0 bridgehead atoms. The van der Waals surface area contributed by atoms with Gasteiger partial charge in [-0.25, -0.2) is 0 Å². The molecule has 0 aliphatic carbocycles. The molecular formula is C22H26N4O3S. The number of rotatable bonds is 10. The van der Waals surface area contributed by atoms with E-state index < -0.39 is 0 Å². The smallest absolute Gasteiger partial charge is 0.232 e. The van der Waals surface area contributed by atoms with Crippen molar-refractivity contribution in [1.82, 2.24) is 14.8 Å². The normalized spacial score (nSPS) is 10.6. The van der Waals surface area contributed by atoms with E-state index in [0.717, 1.165) is 22.8 Å². The van der Waals surface area contributed by atoms with Crippen molar-refractivity contribution in [2.75, 3.05) is 24.8 Å². The molecule has 0 spiro atoms. The molecule has 158 valence electrons. The first-order chi connectivity index (χ1) is 14.6. The largest absolute Gasteiger partial charge is 0.493 e. The second-order valence-electron chi connectivity index (χ2n) is 6.54. The van der Waals surface area contributed by atoms with Gasteiger partial charge in [-0.05, 0) is 30.2 Å². The van der Waals surface area contributed by atoms with E-state index in [0.29, 0.717) is 29.7 Å². The summed E-state index contributed by atoms with van der Waals surface area (Å²) in [6, 6.07) is 15.4. The number of thioether (sulfide) groups is 1. The highest BCUT2D eigenvalue weighted by Crippen LogP contribution is 2.26. The molecule has 1 heterocycles. The van der Waals surface area contributed by atoms with Crippen LogP contribution < -0.4 is 14.8 Å². The van der Waals surface area contributed by atoms with E-state index in [-0.39, 0.29) is 12.3 Å². The van der Waals surface area contributed by atoms with Gasteiger partial charge in [0.15, 0.2) is 16.7 Å². The first-order valence-electron chi connectivity index (χ1n) is 9.77. The Morgan fingerprint density at radius 1 is 1.10 bits per heavy atom. The SMILES string of the molecule is CCc1ccccc1NC(=O)Cc1nnc(SCCOc2ccccc2OC)n1C. The van der Waals surface area contributed by atoms with Crippen molar-refractivity contribution in [3.05, 3.63) is 59.9 Å². The number of carbonyl (C=O) groups is 1. The third kappa shape index (κ3) is 5.54. The maximum Gasteiger partial charge on any atom is 0.232 e. The van der Waals surface area contributed by atoms with E-state index in [9.17, 15) is 4.79 Å². The van der Waals surface area contributed by atoms with Crippen molar-refractivity contribution in [3.63, 3.8) is 0 Å².